The van der Waals surface area contributed by atoms with Crippen LogP contribution in [0, 0.1) is 23.3 Å². The summed E-state index contributed by atoms with van der Waals surface area (Å²) in [7, 11) is 0. The Balaban J connectivity index is 0.000000335. The number of rotatable bonds is 7. The Bertz CT molecular complexity index is 1100. The van der Waals surface area contributed by atoms with Gasteiger partial charge in [0.05, 0.1) is 12.2 Å². The standard InChI is InChI=1S/C11H8F4O3.C8H10AsNO5/c1-2-18-8(17)4-7(16)5-3-6(12)10(14)11(15)9(5)13;1-6(11)10-8-5-3-2-4-7(8)9(12,13)15-14/h3H,2,4H2,1H3;2-5,14H,1H3,(H,10,11)(H,12,13). The van der Waals surface area contributed by atoms with Gasteiger partial charge in [0.1, 0.15) is 6.42 Å². The van der Waals surface area contributed by atoms with Gasteiger partial charge in [0, 0.05) is 0 Å². The van der Waals surface area contributed by atoms with E-state index in [9.17, 15) is 39.8 Å². The third-order valence-corrected chi connectivity index (χ3v) is 6.20. The summed E-state index contributed by atoms with van der Waals surface area (Å²) >= 11 is -4.92. The second-order valence-electron chi connectivity index (χ2n) is 6.05. The molecule has 0 aliphatic rings. The number of carbonyl (C=O) groups excluding carboxylic acids is 3. The fourth-order valence-electron chi connectivity index (χ4n) is 2.27. The minimum Gasteiger partial charge on any atom is -0.466 e. The van der Waals surface area contributed by atoms with Gasteiger partial charge >= 0.3 is 94.4 Å². The molecule has 0 aliphatic heterocycles. The average molecular weight is 539 g/mol. The van der Waals surface area contributed by atoms with Crippen LogP contribution in [-0.4, -0.2) is 47.8 Å². The fraction of sp³-hybridized carbons (Fsp3) is 0.211. The quantitative estimate of drug-likeness (QED) is 0.0560. The van der Waals surface area contributed by atoms with Crippen molar-refractivity contribution < 1.29 is 53.7 Å². The predicted molar refractivity (Wildman–Crippen MR) is 105 cm³/mol. The Morgan fingerprint density at radius 2 is 1.67 bits per heavy atom. The van der Waals surface area contributed by atoms with E-state index in [0.717, 1.165) is 0 Å². The second kappa shape index (κ2) is 12.3. The molecule has 180 valence electrons. The molecule has 0 fully saturated rings. The molecular formula is C19H18AsF4NO8. The number of benzene rings is 2. The summed E-state index contributed by atoms with van der Waals surface area (Å²) in [6.07, 6.45) is -0.880. The summed E-state index contributed by atoms with van der Waals surface area (Å²) < 4.78 is 80.0. The van der Waals surface area contributed by atoms with Crippen LogP contribution in [0.15, 0.2) is 30.3 Å². The van der Waals surface area contributed by atoms with Crippen molar-refractivity contribution in [1.29, 1.82) is 0 Å². The van der Waals surface area contributed by atoms with Crippen molar-refractivity contribution in [2.45, 2.75) is 20.3 Å². The van der Waals surface area contributed by atoms with Gasteiger partial charge in [0.2, 0.25) is 0 Å². The zero-order valence-corrected chi connectivity index (χ0v) is 19.0. The molecule has 0 saturated carbocycles. The average Bonchev–Trinajstić information content (AvgIpc) is 2.75. The zero-order valence-electron chi connectivity index (χ0n) is 17.1. The van der Waals surface area contributed by atoms with Crippen molar-refractivity contribution >= 4 is 41.9 Å². The first kappa shape index (κ1) is 28.0. The molecule has 0 saturated heterocycles. The van der Waals surface area contributed by atoms with Crippen molar-refractivity contribution in [2.24, 2.45) is 0 Å². The summed E-state index contributed by atoms with van der Waals surface area (Å²) in [6, 6.07) is 6.04. The van der Waals surface area contributed by atoms with Crippen LogP contribution in [0.3, 0.4) is 0 Å². The number of carbonyl (C=O) groups is 3. The molecule has 0 radical (unpaired) electrons. The molecule has 0 bridgehead atoms. The monoisotopic (exact) mass is 539 g/mol. The number of halogens is 4. The SMILES string of the molecule is CC(=O)Nc1ccccc1[As](=O)(O)OO.CCOC(=O)CC(=O)c1cc(F)c(F)c(F)c1F. The molecule has 9 nitrogen and oxygen atoms in total. The summed E-state index contributed by atoms with van der Waals surface area (Å²) in [5, 5.41) is 10.7. The summed E-state index contributed by atoms with van der Waals surface area (Å²) in [5.74, 6) is -10.2. The summed E-state index contributed by atoms with van der Waals surface area (Å²) in [5.41, 5.74) is -0.872. The molecule has 2 aromatic rings. The van der Waals surface area contributed by atoms with Crippen LogP contribution < -0.4 is 9.67 Å². The van der Waals surface area contributed by atoms with E-state index < -0.39 is 61.2 Å². The number of hydrogen-bond donors (Lipinski definition) is 3. The number of hydrogen-bond acceptors (Lipinski definition) is 7. The smallest absolute Gasteiger partial charge is 0.313 e. The minimum absolute atomic E-state index is 0.000730. The van der Waals surface area contributed by atoms with Crippen LogP contribution >= 0.6 is 0 Å². The normalized spacial score (nSPS) is 12.1. The van der Waals surface area contributed by atoms with Gasteiger partial charge in [-0.05, 0) is 13.0 Å². The van der Waals surface area contributed by atoms with E-state index >= 15 is 0 Å². The van der Waals surface area contributed by atoms with Gasteiger partial charge in [-0.3, -0.25) is 9.59 Å². The number of anilines is 1. The van der Waals surface area contributed by atoms with Crippen molar-refractivity contribution in [3.63, 3.8) is 0 Å². The van der Waals surface area contributed by atoms with E-state index in [-0.39, 0.29) is 28.6 Å². The number of esters is 1. The Kier molecular flexibility index (Phi) is 10.5. The van der Waals surface area contributed by atoms with Gasteiger partial charge in [0.25, 0.3) is 0 Å². The van der Waals surface area contributed by atoms with Crippen LogP contribution in [0.4, 0.5) is 23.2 Å². The largest absolute Gasteiger partial charge is 0.466 e. The maximum atomic E-state index is 13.2. The molecule has 3 N–H and O–H groups in total. The van der Waals surface area contributed by atoms with Crippen LogP contribution in [0.5, 0.6) is 0 Å². The van der Waals surface area contributed by atoms with Crippen LogP contribution in [-0.2, 0) is 21.9 Å². The maximum absolute atomic E-state index is 13.2. The van der Waals surface area contributed by atoms with Gasteiger partial charge < -0.3 is 4.74 Å². The first-order valence-electron chi connectivity index (χ1n) is 8.90. The molecule has 1 amide bonds. The van der Waals surface area contributed by atoms with Crippen LogP contribution in [0.2, 0.25) is 0 Å². The number of nitrogens with one attached hydrogen (secondary N) is 1. The third kappa shape index (κ3) is 7.82. The van der Waals surface area contributed by atoms with Gasteiger partial charge in [-0.15, -0.1) is 0 Å². The molecule has 0 aromatic heterocycles. The number of amides is 1. The van der Waals surface area contributed by atoms with Gasteiger partial charge in [-0.2, -0.15) is 0 Å². The predicted octanol–water partition coefficient (Wildman–Crippen LogP) is 2.08. The van der Waals surface area contributed by atoms with E-state index in [4.69, 9.17) is 5.26 Å². The fourth-order valence-corrected chi connectivity index (χ4v) is 3.95. The molecule has 0 heterocycles. The molecule has 14 heteroatoms. The number of Topliss-reactive ketones (excluding diaryl/α,β-unsaturated/α-hetero) is 1. The van der Waals surface area contributed by atoms with E-state index in [1.54, 1.807) is 6.07 Å². The number of ketones is 1. The van der Waals surface area contributed by atoms with E-state index in [1.165, 1.54) is 32.0 Å². The minimum atomic E-state index is -4.92. The Labute approximate surface area is 187 Å². The second-order valence-corrected chi connectivity index (χ2v) is 9.59. The molecule has 1 atom stereocenters. The molecule has 0 spiro atoms. The summed E-state index contributed by atoms with van der Waals surface area (Å²) in [4.78, 5) is 33.1. The summed E-state index contributed by atoms with van der Waals surface area (Å²) in [6.45, 7) is 2.76. The van der Waals surface area contributed by atoms with Gasteiger partial charge in [-0.1, -0.05) is 0 Å². The Hall–Kier alpha value is -2.99. The topological polar surface area (TPSA) is 139 Å². The molecule has 2 rings (SSSR count). The third-order valence-electron chi connectivity index (χ3n) is 3.64. The zero-order chi connectivity index (χ0) is 25.3. The molecule has 33 heavy (non-hydrogen) atoms. The molecule has 0 aliphatic carbocycles. The maximum Gasteiger partial charge on any atom is 0.313 e. The Morgan fingerprint density at radius 3 is 2.21 bits per heavy atom. The van der Waals surface area contributed by atoms with Crippen molar-refractivity contribution in [2.75, 3.05) is 11.9 Å². The van der Waals surface area contributed by atoms with Crippen LogP contribution in [0.25, 0.3) is 0 Å². The van der Waals surface area contributed by atoms with Gasteiger partial charge in [0.15, 0.2) is 29.1 Å². The first-order chi connectivity index (χ1) is 15.3. The van der Waals surface area contributed by atoms with E-state index in [2.05, 4.69) is 13.9 Å². The van der Waals surface area contributed by atoms with E-state index in [1.807, 2.05) is 0 Å². The van der Waals surface area contributed by atoms with Crippen LogP contribution in [0.1, 0.15) is 30.6 Å². The number of para-hydroxylation sites is 1. The van der Waals surface area contributed by atoms with Crippen molar-refractivity contribution in [3.8, 4) is 0 Å². The first-order valence-corrected chi connectivity index (χ1v) is 12.2. The molecular weight excluding hydrogens is 521 g/mol. The Morgan fingerprint density at radius 1 is 1.06 bits per heavy atom. The molecule has 1 unspecified atom stereocenters. The molecule has 2 aromatic carbocycles. The van der Waals surface area contributed by atoms with Crippen molar-refractivity contribution in [1.82, 2.24) is 0 Å². The van der Waals surface area contributed by atoms with Gasteiger partial charge in [-0.25, -0.2) is 17.6 Å². The number of ether oxygens (including phenoxy) is 1. The van der Waals surface area contributed by atoms with E-state index in [0.29, 0.717) is 0 Å². The van der Waals surface area contributed by atoms with Crippen molar-refractivity contribution in [3.05, 3.63) is 59.2 Å².